The quantitative estimate of drug-likeness (QED) is 0.834. The van der Waals surface area contributed by atoms with Crippen molar-refractivity contribution in [3.8, 4) is 5.69 Å². The van der Waals surface area contributed by atoms with Crippen molar-refractivity contribution in [2.75, 3.05) is 6.54 Å². The van der Waals surface area contributed by atoms with Gasteiger partial charge < -0.3 is 11.1 Å². The highest BCUT2D eigenvalue weighted by molar-refractivity contribution is 6.30. The molecule has 0 aliphatic carbocycles. The molecular weight excluding hydrogens is 335 g/mol. The predicted molar refractivity (Wildman–Crippen MR) is 95.7 cm³/mol. The SMILES string of the molecule is CCC(N)(CC)CNC(=O)c1ccn(-c2cccc(Cl)c2)n1.Cl. The molecule has 126 valence electrons. The van der Waals surface area contributed by atoms with Crippen LogP contribution in [0.1, 0.15) is 37.2 Å². The highest BCUT2D eigenvalue weighted by Gasteiger charge is 2.21. The van der Waals surface area contributed by atoms with Gasteiger partial charge in [0.1, 0.15) is 0 Å². The average Bonchev–Trinajstić information content (AvgIpc) is 3.02. The second-order valence-electron chi connectivity index (χ2n) is 5.38. The molecule has 0 radical (unpaired) electrons. The largest absolute Gasteiger partial charge is 0.349 e. The van der Waals surface area contributed by atoms with Crippen LogP contribution in [0.5, 0.6) is 0 Å². The zero-order valence-electron chi connectivity index (χ0n) is 13.3. The molecule has 1 amide bonds. The number of aromatic nitrogens is 2. The highest BCUT2D eigenvalue weighted by atomic mass is 35.5. The summed E-state index contributed by atoms with van der Waals surface area (Å²) >= 11 is 5.96. The van der Waals surface area contributed by atoms with Crippen molar-refractivity contribution < 1.29 is 4.79 Å². The van der Waals surface area contributed by atoms with Crippen molar-refractivity contribution in [3.63, 3.8) is 0 Å². The van der Waals surface area contributed by atoms with Gasteiger partial charge in [0.25, 0.3) is 5.91 Å². The summed E-state index contributed by atoms with van der Waals surface area (Å²) in [4.78, 5) is 12.2. The fraction of sp³-hybridized carbons (Fsp3) is 0.375. The van der Waals surface area contributed by atoms with Crippen LogP contribution in [0.2, 0.25) is 5.02 Å². The fourth-order valence-electron chi connectivity index (χ4n) is 2.05. The predicted octanol–water partition coefficient (Wildman–Crippen LogP) is 3.19. The van der Waals surface area contributed by atoms with E-state index in [1.165, 1.54) is 0 Å². The van der Waals surface area contributed by atoms with Gasteiger partial charge >= 0.3 is 0 Å². The minimum absolute atomic E-state index is 0. The zero-order chi connectivity index (χ0) is 16.2. The van der Waals surface area contributed by atoms with Crippen LogP contribution < -0.4 is 11.1 Å². The van der Waals surface area contributed by atoms with E-state index < -0.39 is 0 Å². The maximum atomic E-state index is 12.2. The van der Waals surface area contributed by atoms with Gasteiger partial charge in [-0.2, -0.15) is 5.10 Å². The number of rotatable bonds is 6. The van der Waals surface area contributed by atoms with E-state index in [-0.39, 0.29) is 23.9 Å². The summed E-state index contributed by atoms with van der Waals surface area (Å²) in [5.41, 5.74) is 6.97. The van der Waals surface area contributed by atoms with Crippen molar-refractivity contribution >= 4 is 29.9 Å². The number of nitrogens with zero attached hydrogens (tertiary/aromatic N) is 2. The van der Waals surface area contributed by atoms with Crippen molar-refractivity contribution in [2.45, 2.75) is 32.2 Å². The molecule has 2 rings (SSSR count). The normalized spacial score (nSPS) is 11.0. The zero-order valence-corrected chi connectivity index (χ0v) is 14.8. The Bertz CT molecular complexity index is 653. The standard InChI is InChI=1S/C16H21ClN4O.ClH/c1-3-16(18,4-2)11-19-15(22)14-8-9-21(20-14)13-7-5-6-12(17)10-13;/h5-10H,3-4,11,18H2,1-2H3,(H,19,22);1H. The van der Waals surface area contributed by atoms with Crippen LogP contribution in [0.4, 0.5) is 0 Å². The van der Waals surface area contributed by atoms with Crippen LogP contribution in [0.25, 0.3) is 5.69 Å². The molecule has 3 N–H and O–H groups in total. The number of nitrogens with one attached hydrogen (secondary N) is 1. The van der Waals surface area contributed by atoms with E-state index in [1.54, 1.807) is 29.1 Å². The molecule has 0 saturated carbocycles. The second-order valence-corrected chi connectivity index (χ2v) is 5.81. The number of benzene rings is 1. The minimum Gasteiger partial charge on any atom is -0.349 e. The first kappa shape index (κ1) is 19.5. The molecule has 7 heteroatoms. The van der Waals surface area contributed by atoms with E-state index >= 15 is 0 Å². The van der Waals surface area contributed by atoms with Crippen LogP contribution in [0, 0.1) is 0 Å². The van der Waals surface area contributed by atoms with Gasteiger partial charge in [-0.05, 0) is 37.1 Å². The van der Waals surface area contributed by atoms with Crippen LogP contribution in [0.15, 0.2) is 36.5 Å². The van der Waals surface area contributed by atoms with E-state index in [2.05, 4.69) is 10.4 Å². The first-order chi connectivity index (χ1) is 10.5. The lowest BCUT2D eigenvalue weighted by molar-refractivity contribution is 0.0936. The first-order valence-electron chi connectivity index (χ1n) is 7.36. The Labute approximate surface area is 147 Å². The summed E-state index contributed by atoms with van der Waals surface area (Å²) in [5, 5.41) is 7.75. The molecule has 23 heavy (non-hydrogen) atoms. The van der Waals surface area contributed by atoms with Crippen LogP contribution >= 0.6 is 24.0 Å². The first-order valence-corrected chi connectivity index (χ1v) is 7.74. The van der Waals surface area contributed by atoms with Gasteiger partial charge in [0.2, 0.25) is 0 Å². The Morgan fingerprint density at radius 1 is 1.35 bits per heavy atom. The van der Waals surface area contributed by atoms with Crippen molar-refractivity contribution in [1.29, 1.82) is 0 Å². The van der Waals surface area contributed by atoms with E-state index in [4.69, 9.17) is 17.3 Å². The lowest BCUT2D eigenvalue weighted by atomic mass is 9.94. The number of carbonyl (C=O) groups excluding carboxylic acids is 1. The Balaban J connectivity index is 0.00000264. The van der Waals surface area contributed by atoms with Crippen molar-refractivity contribution in [2.24, 2.45) is 5.73 Å². The van der Waals surface area contributed by atoms with Crippen LogP contribution in [-0.2, 0) is 0 Å². The number of hydrogen-bond acceptors (Lipinski definition) is 3. The monoisotopic (exact) mass is 356 g/mol. The summed E-state index contributed by atoms with van der Waals surface area (Å²) in [6.07, 6.45) is 3.34. The maximum absolute atomic E-state index is 12.2. The van der Waals surface area contributed by atoms with Gasteiger partial charge in [0, 0.05) is 23.3 Å². The fourth-order valence-corrected chi connectivity index (χ4v) is 2.24. The lowest BCUT2D eigenvalue weighted by Gasteiger charge is -2.26. The molecule has 0 bridgehead atoms. The molecule has 1 aromatic heterocycles. The molecule has 1 aromatic carbocycles. The summed E-state index contributed by atoms with van der Waals surface area (Å²) in [6.45, 7) is 4.47. The average molecular weight is 357 g/mol. The van der Waals surface area contributed by atoms with Gasteiger partial charge in [-0.1, -0.05) is 31.5 Å². The van der Waals surface area contributed by atoms with E-state index in [1.807, 2.05) is 26.0 Å². The summed E-state index contributed by atoms with van der Waals surface area (Å²) < 4.78 is 1.62. The molecule has 0 unspecified atom stereocenters. The van der Waals surface area contributed by atoms with E-state index in [9.17, 15) is 4.79 Å². The molecule has 5 nitrogen and oxygen atoms in total. The molecule has 0 atom stereocenters. The summed E-state index contributed by atoms with van der Waals surface area (Å²) in [6, 6.07) is 8.96. The minimum atomic E-state index is -0.370. The summed E-state index contributed by atoms with van der Waals surface area (Å²) in [7, 11) is 0. The number of hydrogen-bond donors (Lipinski definition) is 2. The second kappa shape index (κ2) is 8.34. The Morgan fingerprint density at radius 2 is 2.04 bits per heavy atom. The molecule has 2 aromatic rings. The smallest absolute Gasteiger partial charge is 0.271 e. The number of nitrogens with two attached hydrogens (primary N) is 1. The molecule has 0 aliphatic heterocycles. The van der Waals surface area contributed by atoms with Gasteiger partial charge in [0.15, 0.2) is 5.69 Å². The van der Waals surface area contributed by atoms with E-state index in [0.29, 0.717) is 17.3 Å². The topological polar surface area (TPSA) is 72.9 Å². The lowest BCUT2D eigenvalue weighted by Crippen LogP contribution is -2.49. The number of amides is 1. The van der Waals surface area contributed by atoms with Crippen molar-refractivity contribution in [3.05, 3.63) is 47.2 Å². The van der Waals surface area contributed by atoms with Gasteiger partial charge in [0.05, 0.1) is 5.69 Å². The third-order valence-corrected chi connectivity index (χ3v) is 4.14. The Hall–Kier alpha value is -1.56. The molecular formula is C16H22Cl2N4O. The molecule has 0 aliphatic rings. The van der Waals surface area contributed by atoms with Crippen LogP contribution in [-0.4, -0.2) is 27.8 Å². The molecule has 0 spiro atoms. The molecule has 0 saturated heterocycles. The van der Waals surface area contributed by atoms with E-state index in [0.717, 1.165) is 18.5 Å². The number of carbonyl (C=O) groups is 1. The van der Waals surface area contributed by atoms with Crippen molar-refractivity contribution in [1.82, 2.24) is 15.1 Å². The highest BCUT2D eigenvalue weighted by Crippen LogP contribution is 2.14. The third kappa shape index (κ3) is 4.96. The van der Waals surface area contributed by atoms with Gasteiger partial charge in [-0.3, -0.25) is 4.79 Å². The molecule has 1 heterocycles. The van der Waals surface area contributed by atoms with Gasteiger partial charge in [-0.15, -0.1) is 12.4 Å². The maximum Gasteiger partial charge on any atom is 0.271 e. The summed E-state index contributed by atoms with van der Waals surface area (Å²) in [5.74, 6) is -0.225. The Kier molecular flexibility index (Phi) is 7.06. The van der Waals surface area contributed by atoms with Gasteiger partial charge in [-0.25, -0.2) is 4.68 Å². The Morgan fingerprint density at radius 3 is 2.65 bits per heavy atom. The number of halogens is 2. The van der Waals surface area contributed by atoms with Crippen LogP contribution in [0.3, 0.4) is 0 Å². The third-order valence-electron chi connectivity index (χ3n) is 3.90. The molecule has 0 fully saturated rings.